The second kappa shape index (κ2) is 3.65. The van der Waals surface area contributed by atoms with Gasteiger partial charge in [0.15, 0.2) is 11.6 Å². The molecule has 0 N–H and O–H groups in total. The zero-order valence-electron chi connectivity index (χ0n) is 9.44. The van der Waals surface area contributed by atoms with E-state index in [9.17, 15) is 13.6 Å². The van der Waals surface area contributed by atoms with E-state index < -0.39 is 17.0 Å². The van der Waals surface area contributed by atoms with Crippen LogP contribution in [0.25, 0.3) is 0 Å². The van der Waals surface area contributed by atoms with Crippen molar-refractivity contribution >= 4 is 5.78 Å². The van der Waals surface area contributed by atoms with Crippen LogP contribution >= 0.6 is 0 Å². The molecular weight excluding hydrogens is 210 g/mol. The van der Waals surface area contributed by atoms with Gasteiger partial charge < -0.3 is 0 Å². The third kappa shape index (κ3) is 1.64. The van der Waals surface area contributed by atoms with E-state index >= 15 is 0 Å². The Labute approximate surface area is 93.5 Å². The molecule has 1 aromatic rings. The van der Waals surface area contributed by atoms with Crippen LogP contribution in [0.3, 0.4) is 0 Å². The monoisotopic (exact) mass is 224 g/mol. The lowest BCUT2D eigenvalue weighted by Gasteiger charge is -2.24. The van der Waals surface area contributed by atoms with E-state index in [2.05, 4.69) is 0 Å². The average molecular weight is 224 g/mol. The lowest BCUT2D eigenvalue weighted by atomic mass is 9.80. The lowest BCUT2D eigenvalue weighted by Crippen LogP contribution is -2.20. The van der Waals surface area contributed by atoms with Crippen molar-refractivity contribution < 1.29 is 13.6 Å². The van der Waals surface area contributed by atoms with Crippen molar-refractivity contribution in [2.24, 2.45) is 0 Å². The summed E-state index contributed by atoms with van der Waals surface area (Å²) in [5.41, 5.74) is 0.103. The normalized spacial score (nSPS) is 25.1. The molecule has 0 heterocycles. The molecule has 16 heavy (non-hydrogen) atoms. The highest BCUT2D eigenvalue weighted by Crippen LogP contribution is 2.40. The second-order valence-corrected chi connectivity index (χ2v) is 4.83. The Kier molecular flexibility index (Phi) is 2.56. The molecule has 0 amide bonds. The molecule has 0 aromatic heterocycles. The van der Waals surface area contributed by atoms with Gasteiger partial charge in [0.2, 0.25) is 0 Å². The predicted octanol–water partition coefficient (Wildman–Crippen LogP) is 3.28. The Morgan fingerprint density at radius 2 is 1.94 bits per heavy atom. The predicted molar refractivity (Wildman–Crippen MR) is 57.3 cm³/mol. The van der Waals surface area contributed by atoms with Gasteiger partial charge >= 0.3 is 0 Å². The van der Waals surface area contributed by atoms with E-state index in [0.29, 0.717) is 30.4 Å². The zero-order chi connectivity index (χ0) is 11.9. The van der Waals surface area contributed by atoms with Crippen molar-refractivity contribution in [3.8, 4) is 0 Å². The average Bonchev–Trinajstić information content (AvgIpc) is 2.56. The fraction of sp³-hybridized carbons (Fsp3) is 0.462. The van der Waals surface area contributed by atoms with Crippen molar-refractivity contribution in [1.29, 1.82) is 0 Å². The van der Waals surface area contributed by atoms with Crippen LogP contribution in [-0.4, -0.2) is 5.78 Å². The molecule has 0 spiro atoms. The van der Waals surface area contributed by atoms with Gasteiger partial charge in [0.05, 0.1) is 0 Å². The first kappa shape index (κ1) is 11.2. The molecule has 1 fully saturated rings. The van der Waals surface area contributed by atoms with E-state index in [1.165, 1.54) is 6.92 Å². The molecule has 1 aromatic carbocycles. The van der Waals surface area contributed by atoms with Gasteiger partial charge in [-0.25, -0.2) is 8.78 Å². The number of aryl methyl sites for hydroxylation is 1. The van der Waals surface area contributed by atoms with E-state index in [1.807, 2.05) is 6.92 Å². The number of ketones is 1. The van der Waals surface area contributed by atoms with E-state index in [4.69, 9.17) is 0 Å². The number of carbonyl (C=O) groups excluding carboxylic acids is 1. The standard InChI is InChI=1S/C13H14F2O/c1-8-3-4-10(12(15)11(8)14)13(2)6-5-9(16)7-13/h3-4H,5-7H2,1-2H3. The summed E-state index contributed by atoms with van der Waals surface area (Å²) in [5.74, 6) is -1.46. The Balaban J connectivity index is 2.49. The Morgan fingerprint density at radius 3 is 2.50 bits per heavy atom. The van der Waals surface area contributed by atoms with Crippen LogP contribution in [0.2, 0.25) is 0 Å². The molecule has 1 aliphatic rings. The molecule has 0 saturated heterocycles. The quantitative estimate of drug-likeness (QED) is 0.715. The molecule has 1 unspecified atom stereocenters. The number of Topliss-reactive ketones (excluding diaryl/α,β-unsaturated/α-hetero) is 1. The number of hydrogen-bond acceptors (Lipinski definition) is 1. The Hall–Kier alpha value is -1.25. The van der Waals surface area contributed by atoms with Crippen molar-refractivity contribution in [1.82, 2.24) is 0 Å². The highest BCUT2D eigenvalue weighted by Gasteiger charge is 2.38. The fourth-order valence-electron chi connectivity index (χ4n) is 2.37. The Bertz CT molecular complexity index is 453. The lowest BCUT2D eigenvalue weighted by molar-refractivity contribution is -0.117. The highest BCUT2D eigenvalue weighted by atomic mass is 19.2. The third-order valence-electron chi connectivity index (χ3n) is 3.47. The van der Waals surface area contributed by atoms with E-state index in [-0.39, 0.29) is 5.78 Å². The topological polar surface area (TPSA) is 17.1 Å². The van der Waals surface area contributed by atoms with Crippen molar-refractivity contribution in [3.05, 3.63) is 34.9 Å². The number of carbonyl (C=O) groups is 1. The zero-order valence-corrected chi connectivity index (χ0v) is 9.44. The summed E-state index contributed by atoms with van der Waals surface area (Å²) < 4.78 is 27.3. The van der Waals surface area contributed by atoms with Crippen molar-refractivity contribution in [3.63, 3.8) is 0 Å². The number of benzene rings is 1. The molecule has 0 radical (unpaired) electrons. The number of rotatable bonds is 1. The van der Waals surface area contributed by atoms with Gasteiger partial charge in [-0.3, -0.25) is 4.79 Å². The van der Waals surface area contributed by atoms with Crippen LogP contribution in [0.5, 0.6) is 0 Å². The van der Waals surface area contributed by atoms with Crippen LogP contribution in [0.15, 0.2) is 12.1 Å². The summed E-state index contributed by atoms with van der Waals surface area (Å²) in [4.78, 5) is 11.3. The molecular formula is C13H14F2O. The van der Waals surface area contributed by atoms with Crippen LogP contribution in [0.1, 0.15) is 37.3 Å². The molecule has 1 saturated carbocycles. The first-order chi connectivity index (χ1) is 7.44. The van der Waals surface area contributed by atoms with Gasteiger partial charge in [0.1, 0.15) is 5.78 Å². The molecule has 1 aliphatic carbocycles. The summed E-state index contributed by atoms with van der Waals surface area (Å²) in [6.45, 7) is 3.36. The summed E-state index contributed by atoms with van der Waals surface area (Å²) in [7, 11) is 0. The number of hydrogen-bond donors (Lipinski definition) is 0. The maximum absolute atomic E-state index is 13.8. The molecule has 1 atom stereocenters. The SMILES string of the molecule is Cc1ccc(C2(C)CCC(=O)C2)c(F)c1F. The molecule has 86 valence electrons. The summed E-state index contributed by atoms with van der Waals surface area (Å²) >= 11 is 0. The summed E-state index contributed by atoms with van der Waals surface area (Å²) in [6.07, 6.45) is 1.38. The molecule has 3 heteroatoms. The van der Waals surface area contributed by atoms with E-state index in [0.717, 1.165) is 0 Å². The Morgan fingerprint density at radius 1 is 1.25 bits per heavy atom. The molecule has 0 aliphatic heterocycles. The minimum Gasteiger partial charge on any atom is -0.300 e. The highest BCUT2D eigenvalue weighted by molar-refractivity contribution is 5.82. The van der Waals surface area contributed by atoms with Crippen LogP contribution in [0, 0.1) is 18.6 Å². The van der Waals surface area contributed by atoms with Gasteiger partial charge in [0, 0.05) is 18.3 Å². The van der Waals surface area contributed by atoms with Crippen LogP contribution in [-0.2, 0) is 10.2 Å². The largest absolute Gasteiger partial charge is 0.300 e. The first-order valence-corrected chi connectivity index (χ1v) is 5.41. The van der Waals surface area contributed by atoms with Gasteiger partial charge in [-0.05, 0) is 24.5 Å². The van der Waals surface area contributed by atoms with Crippen LogP contribution in [0.4, 0.5) is 8.78 Å². The van der Waals surface area contributed by atoms with Crippen LogP contribution < -0.4 is 0 Å². The minimum absolute atomic E-state index is 0.128. The second-order valence-electron chi connectivity index (χ2n) is 4.83. The molecule has 2 rings (SSSR count). The maximum atomic E-state index is 13.8. The van der Waals surface area contributed by atoms with Crippen molar-refractivity contribution in [2.45, 2.75) is 38.5 Å². The summed E-state index contributed by atoms with van der Waals surface area (Å²) in [5, 5.41) is 0. The first-order valence-electron chi connectivity index (χ1n) is 5.41. The van der Waals surface area contributed by atoms with Gasteiger partial charge in [0.25, 0.3) is 0 Å². The minimum atomic E-state index is -0.794. The van der Waals surface area contributed by atoms with Gasteiger partial charge in [-0.2, -0.15) is 0 Å². The smallest absolute Gasteiger partial charge is 0.162 e. The summed E-state index contributed by atoms with van der Waals surface area (Å²) in [6, 6.07) is 3.17. The third-order valence-corrected chi connectivity index (χ3v) is 3.47. The molecule has 1 nitrogen and oxygen atoms in total. The maximum Gasteiger partial charge on any atom is 0.162 e. The van der Waals surface area contributed by atoms with Gasteiger partial charge in [-0.15, -0.1) is 0 Å². The van der Waals surface area contributed by atoms with E-state index in [1.54, 1.807) is 12.1 Å². The van der Waals surface area contributed by atoms with Crippen molar-refractivity contribution in [2.75, 3.05) is 0 Å². The number of halogens is 2. The molecule has 0 bridgehead atoms. The van der Waals surface area contributed by atoms with Gasteiger partial charge in [-0.1, -0.05) is 19.1 Å². The fourth-order valence-corrected chi connectivity index (χ4v) is 2.37.